The molecule has 2 amide bonds. The Labute approximate surface area is 224 Å². The molecule has 3 aromatic rings. The standard InChI is InChI=1S/C26H15F10N3O2/c1-13-9-17(23(27,25(31,32)33)26(34,35)36)11-18(24(28,29)30)20(13)39-22(41)15-7-8-16(12-37)19(10-15)38-21(40)14-5-3-2-4-6-14/h2-11H,1H3,(H,38,40)(H,39,41). The summed E-state index contributed by atoms with van der Waals surface area (Å²) in [7, 11) is 0. The summed E-state index contributed by atoms with van der Waals surface area (Å²) in [6.45, 7) is 0.645. The number of hydrogen-bond acceptors (Lipinski definition) is 3. The molecule has 0 aliphatic heterocycles. The number of carbonyl (C=O) groups is 2. The molecular formula is C26H15F10N3O2. The summed E-state index contributed by atoms with van der Waals surface area (Å²) in [6.07, 6.45) is -19.0. The van der Waals surface area contributed by atoms with Gasteiger partial charge in [-0.3, -0.25) is 9.59 Å². The van der Waals surface area contributed by atoms with Crippen LogP contribution in [0.5, 0.6) is 0 Å². The number of anilines is 2. The topological polar surface area (TPSA) is 82.0 Å². The maximum absolute atomic E-state index is 14.5. The summed E-state index contributed by atoms with van der Waals surface area (Å²) in [4.78, 5) is 25.3. The first-order chi connectivity index (χ1) is 18.8. The van der Waals surface area contributed by atoms with E-state index in [0.717, 1.165) is 18.2 Å². The number of aryl methyl sites for hydroxylation is 1. The third-order valence-corrected chi connectivity index (χ3v) is 5.74. The zero-order valence-corrected chi connectivity index (χ0v) is 20.3. The molecule has 0 aromatic heterocycles. The van der Waals surface area contributed by atoms with E-state index in [0.29, 0.717) is 6.92 Å². The van der Waals surface area contributed by atoms with Crippen LogP contribution in [0.2, 0.25) is 0 Å². The van der Waals surface area contributed by atoms with Gasteiger partial charge >= 0.3 is 24.2 Å². The first-order valence-corrected chi connectivity index (χ1v) is 11.1. The molecule has 3 rings (SSSR count). The Morgan fingerprint density at radius 1 is 0.732 bits per heavy atom. The average molecular weight is 591 g/mol. The first-order valence-electron chi connectivity index (χ1n) is 11.1. The van der Waals surface area contributed by atoms with E-state index < -0.39 is 70.0 Å². The highest BCUT2D eigenvalue weighted by atomic mass is 19.4. The molecule has 0 unspecified atom stereocenters. The summed E-state index contributed by atoms with van der Waals surface area (Å²) < 4.78 is 135. The summed E-state index contributed by atoms with van der Waals surface area (Å²) >= 11 is 0. The van der Waals surface area contributed by atoms with Gasteiger partial charge in [-0.15, -0.1) is 0 Å². The van der Waals surface area contributed by atoms with Crippen LogP contribution in [0.1, 0.15) is 43.0 Å². The first kappa shape index (κ1) is 30.9. The highest BCUT2D eigenvalue weighted by Gasteiger charge is 2.73. The lowest BCUT2D eigenvalue weighted by atomic mass is 9.90. The Morgan fingerprint density at radius 2 is 1.29 bits per heavy atom. The number of halogens is 10. The Morgan fingerprint density at radius 3 is 1.80 bits per heavy atom. The predicted octanol–water partition coefficient (Wildman–Crippen LogP) is 7.68. The van der Waals surface area contributed by atoms with Crippen LogP contribution in [0.4, 0.5) is 55.3 Å². The second-order valence-corrected chi connectivity index (χ2v) is 8.51. The third-order valence-electron chi connectivity index (χ3n) is 5.74. The number of nitrogens with one attached hydrogen (secondary N) is 2. The van der Waals surface area contributed by atoms with E-state index in [9.17, 15) is 58.8 Å². The van der Waals surface area contributed by atoms with Crippen molar-refractivity contribution in [3.63, 3.8) is 0 Å². The van der Waals surface area contributed by atoms with E-state index >= 15 is 0 Å². The summed E-state index contributed by atoms with van der Waals surface area (Å²) in [5.74, 6) is -2.06. The fraction of sp³-hybridized carbons (Fsp3) is 0.192. The summed E-state index contributed by atoms with van der Waals surface area (Å²) in [6, 6.07) is 11.4. The Hall–Kier alpha value is -4.61. The van der Waals surface area contributed by atoms with Crippen LogP contribution in [-0.4, -0.2) is 24.2 Å². The highest BCUT2D eigenvalue weighted by Crippen LogP contribution is 2.54. The molecule has 0 heterocycles. The summed E-state index contributed by atoms with van der Waals surface area (Å²) in [5.41, 5.74) is -13.6. The molecule has 15 heteroatoms. The number of rotatable bonds is 5. The van der Waals surface area contributed by atoms with Gasteiger partial charge in [-0.2, -0.15) is 44.8 Å². The molecule has 0 spiro atoms. The van der Waals surface area contributed by atoms with Gasteiger partial charge in [0.1, 0.15) is 6.07 Å². The van der Waals surface area contributed by atoms with Gasteiger partial charge in [0, 0.05) is 16.7 Å². The minimum Gasteiger partial charge on any atom is -0.321 e. The number of amides is 2. The molecule has 0 fully saturated rings. The molecule has 3 aromatic carbocycles. The predicted molar refractivity (Wildman–Crippen MR) is 125 cm³/mol. The van der Waals surface area contributed by atoms with Crippen molar-refractivity contribution < 1.29 is 53.5 Å². The minimum absolute atomic E-state index is 0.101. The molecule has 5 nitrogen and oxygen atoms in total. The van der Waals surface area contributed by atoms with Crippen molar-refractivity contribution in [3.05, 3.63) is 94.0 Å². The van der Waals surface area contributed by atoms with E-state index in [4.69, 9.17) is 0 Å². The van der Waals surface area contributed by atoms with Crippen molar-refractivity contribution in [2.24, 2.45) is 0 Å². The van der Waals surface area contributed by atoms with Crippen LogP contribution in [0, 0.1) is 18.3 Å². The minimum atomic E-state index is -6.67. The van der Waals surface area contributed by atoms with Gasteiger partial charge in [0.2, 0.25) is 0 Å². The van der Waals surface area contributed by atoms with E-state index in [1.165, 1.54) is 24.3 Å². The number of nitriles is 1. The van der Waals surface area contributed by atoms with Crippen molar-refractivity contribution in [1.29, 1.82) is 5.26 Å². The monoisotopic (exact) mass is 591 g/mol. The molecule has 41 heavy (non-hydrogen) atoms. The van der Waals surface area contributed by atoms with Crippen LogP contribution in [-0.2, 0) is 11.8 Å². The zero-order chi connectivity index (χ0) is 31.0. The highest BCUT2D eigenvalue weighted by molar-refractivity contribution is 6.08. The Balaban J connectivity index is 2.06. The van der Waals surface area contributed by atoms with Gasteiger partial charge in [0.05, 0.1) is 22.5 Å². The molecule has 0 saturated carbocycles. The lowest BCUT2D eigenvalue weighted by molar-refractivity contribution is -0.348. The largest absolute Gasteiger partial charge is 0.435 e. The molecule has 0 radical (unpaired) electrons. The van der Waals surface area contributed by atoms with E-state index in [2.05, 4.69) is 5.32 Å². The van der Waals surface area contributed by atoms with Crippen LogP contribution < -0.4 is 10.6 Å². The zero-order valence-electron chi connectivity index (χ0n) is 20.3. The lowest BCUT2D eigenvalue weighted by Crippen LogP contribution is -2.50. The van der Waals surface area contributed by atoms with Gasteiger partial charge in [0.15, 0.2) is 0 Å². The van der Waals surface area contributed by atoms with Crippen LogP contribution in [0.25, 0.3) is 0 Å². The van der Waals surface area contributed by atoms with Crippen LogP contribution in [0.3, 0.4) is 0 Å². The Kier molecular flexibility index (Phi) is 8.11. The van der Waals surface area contributed by atoms with Crippen molar-refractivity contribution >= 4 is 23.2 Å². The second-order valence-electron chi connectivity index (χ2n) is 8.51. The quantitative estimate of drug-likeness (QED) is 0.299. The fourth-order valence-electron chi connectivity index (χ4n) is 3.72. The molecule has 2 N–H and O–H groups in total. The molecular weight excluding hydrogens is 576 g/mol. The van der Waals surface area contributed by atoms with Gasteiger partial charge in [0.25, 0.3) is 11.8 Å². The number of alkyl halides is 10. The van der Waals surface area contributed by atoms with E-state index in [-0.39, 0.29) is 22.9 Å². The molecule has 0 saturated heterocycles. The number of hydrogen-bond donors (Lipinski definition) is 2. The van der Waals surface area contributed by atoms with E-state index in [1.54, 1.807) is 17.5 Å². The van der Waals surface area contributed by atoms with Gasteiger partial charge in [-0.05, 0) is 48.9 Å². The van der Waals surface area contributed by atoms with Gasteiger partial charge < -0.3 is 10.6 Å². The van der Waals surface area contributed by atoms with Crippen molar-refractivity contribution in [3.8, 4) is 6.07 Å². The fourth-order valence-corrected chi connectivity index (χ4v) is 3.72. The Bertz CT molecular complexity index is 1510. The smallest absolute Gasteiger partial charge is 0.321 e. The molecule has 216 valence electrons. The van der Waals surface area contributed by atoms with Crippen molar-refractivity contribution in [2.75, 3.05) is 10.6 Å². The maximum atomic E-state index is 14.5. The molecule has 0 atom stereocenters. The number of nitrogens with zero attached hydrogens (tertiary/aromatic N) is 1. The van der Waals surface area contributed by atoms with Gasteiger partial charge in [-0.25, -0.2) is 4.39 Å². The normalized spacial score (nSPS) is 12.4. The van der Waals surface area contributed by atoms with Crippen molar-refractivity contribution in [1.82, 2.24) is 0 Å². The second kappa shape index (κ2) is 10.8. The average Bonchev–Trinajstić information content (AvgIpc) is 2.87. The van der Waals surface area contributed by atoms with Gasteiger partial charge in [-0.1, -0.05) is 24.3 Å². The molecule has 0 bridgehead atoms. The molecule has 0 aliphatic carbocycles. The van der Waals surface area contributed by atoms with Crippen LogP contribution >= 0.6 is 0 Å². The third kappa shape index (κ3) is 6.11. The summed E-state index contributed by atoms with van der Waals surface area (Å²) in [5, 5.41) is 13.4. The SMILES string of the molecule is Cc1cc(C(F)(C(F)(F)F)C(F)(F)F)cc(C(F)(F)F)c1NC(=O)c1ccc(C#N)c(NC(=O)c2ccccc2)c1. The number of benzene rings is 3. The lowest BCUT2D eigenvalue weighted by Gasteiger charge is -2.31. The number of carbonyl (C=O) groups excluding carboxylic acids is 2. The van der Waals surface area contributed by atoms with E-state index in [1.807, 2.05) is 0 Å². The molecule has 0 aliphatic rings. The maximum Gasteiger partial charge on any atom is 0.435 e. The van der Waals surface area contributed by atoms with Crippen LogP contribution in [0.15, 0.2) is 60.7 Å². The van der Waals surface area contributed by atoms with Crippen molar-refractivity contribution in [2.45, 2.75) is 31.1 Å².